The predicted molar refractivity (Wildman–Crippen MR) is 87.8 cm³/mol. The van der Waals surface area contributed by atoms with E-state index >= 15 is 0 Å². The number of hydrogen-bond donors (Lipinski definition) is 1. The van der Waals surface area contributed by atoms with Gasteiger partial charge in [0.2, 0.25) is 5.91 Å². The molecule has 0 aliphatic carbocycles. The van der Waals surface area contributed by atoms with Gasteiger partial charge in [-0.25, -0.2) is 0 Å². The van der Waals surface area contributed by atoms with Gasteiger partial charge >= 0.3 is 0 Å². The second-order valence-corrected chi connectivity index (χ2v) is 5.93. The van der Waals surface area contributed by atoms with Gasteiger partial charge in [-0.1, -0.05) is 30.3 Å². The molecule has 0 bridgehead atoms. The summed E-state index contributed by atoms with van der Waals surface area (Å²) in [5.41, 5.74) is 1.09. The molecule has 5 nitrogen and oxygen atoms in total. The van der Waals surface area contributed by atoms with Gasteiger partial charge in [0, 0.05) is 25.4 Å². The van der Waals surface area contributed by atoms with Crippen LogP contribution in [0.1, 0.15) is 37.3 Å². The van der Waals surface area contributed by atoms with Crippen LogP contribution in [0.15, 0.2) is 48.8 Å². The van der Waals surface area contributed by atoms with Crippen molar-refractivity contribution >= 4 is 5.91 Å². The van der Waals surface area contributed by atoms with Crippen LogP contribution >= 0.6 is 0 Å². The zero-order chi connectivity index (χ0) is 15.9. The van der Waals surface area contributed by atoms with Crippen molar-refractivity contribution < 1.29 is 9.53 Å². The summed E-state index contributed by atoms with van der Waals surface area (Å²) in [5.74, 6) is 0.0708. The topological polar surface area (TPSA) is 56.1 Å². The Bertz CT molecular complexity index is 592. The minimum absolute atomic E-state index is 0.0708. The van der Waals surface area contributed by atoms with Crippen LogP contribution in [-0.4, -0.2) is 28.4 Å². The third-order valence-corrected chi connectivity index (χ3v) is 4.18. The molecule has 1 unspecified atom stereocenters. The first-order valence-corrected chi connectivity index (χ1v) is 8.24. The Balaban J connectivity index is 1.59. The van der Waals surface area contributed by atoms with Gasteiger partial charge in [-0.2, -0.15) is 5.10 Å². The minimum atomic E-state index is -0.0758. The fourth-order valence-electron chi connectivity index (χ4n) is 2.95. The molecule has 1 aromatic carbocycles. The van der Waals surface area contributed by atoms with E-state index in [4.69, 9.17) is 4.74 Å². The third kappa shape index (κ3) is 4.66. The summed E-state index contributed by atoms with van der Waals surface area (Å²) in [6, 6.07) is 11.8. The number of benzene rings is 1. The first kappa shape index (κ1) is 15.7. The van der Waals surface area contributed by atoms with E-state index < -0.39 is 0 Å². The molecular formula is C18H23N3O2. The van der Waals surface area contributed by atoms with Crippen molar-refractivity contribution in [2.24, 2.45) is 0 Å². The van der Waals surface area contributed by atoms with E-state index in [9.17, 15) is 4.79 Å². The Hall–Kier alpha value is -2.14. The second-order valence-electron chi connectivity index (χ2n) is 5.93. The number of rotatable bonds is 7. The average molecular weight is 313 g/mol. The van der Waals surface area contributed by atoms with E-state index in [1.807, 2.05) is 47.3 Å². The van der Waals surface area contributed by atoms with Gasteiger partial charge in [0.1, 0.15) is 0 Å². The van der Waals surface area contributed by atoms with E-state index in [0.29, 0.717) is 13.0 Å². The SMILES string of the molecule is O=C(CC[C@@H]1CCCO1)NC(Cn1cccn1)c1ccccc1. The van der Waals surface area contributed by atoms with Gasteiger partial charge in [0.05, 0.1) is 18.7 Å². The monoisotopic (exact) mass is 313 g/mol. The van der Waals surface area contributed by atoms with Gasteiger partial charge in [-0.05, 0) is 30.9 Å². The minimum Gasteiger partial charge on any atom is -0.378 e. The lowest BCUT2D eigenvalue weighted by molar-refractivity contribution is -0.122. The highest BCUT2D eigenvalue weighted by molar-refractivity contribution is 5.76. The molecule has 1 fully saturated rings. The lowest BCUT2D eigenvalue weighted by Gasteiger charge is -2.20. The van der Waals surface area contributed by atoms with E-state index in [-0.39, 0.29) is 18.1 Å². The smallest absolute Gasteiger partial charge is 0.220 e. The van der Waals surface area contributed by atoms with E-state index in [2.05, 4.69) is 10.4 Å². The summed E-state index contributed by atoms with van der Waals surface area (Å²) < 4.78 is 7.43. The second kappa shape index (κ2) is 7.92. The van der Waals surface area contributed by atoms with Crippen molar-refractivity contribution in [2.45, 2.75) is 44.4 Å². The lowest BCUT2D eigenvalue weighted by Crippen LogP contribution is -2.32. The van der Waals surface area contributed by atoms with Gasteiger partial charge < -0.3 is 10.1 Å². The van der Waals surface area contributed by atoms with Gasteiger partial charge in [-0.3, -0.25) is 9.48 Å². The van der Waals surface area contributed by atoms with E-state index in [1.165, 1.54) is 0 Å². The normalized spacial score (nSPS) is 18.7. The van der Waals surface area contributed by atoms with Crippen molar-refractivity contribution in [3.05, 3.63) is 54.4 Å². The largest absolute Gasteiger partial charge is 0.378 e. The van der Waals surface area contributed by atoms with Crippen LogP contribution in [0, 0.1) is 0 Å². The van der Waals surface area contributed by atoms with Crippen LogP contribution < -0.4 is 5.32 Å². The number of nitrogens with zero attached hydrogens (tertiary/aromatic N) is 2. The van der Waals surface area contributed by atoms with Crippen molar-refractivity contribution in [3.8, 4) is 0 Å². The summed E-state index contributed by atoms with van der Waals surface area (Å²) in [6.45, 7) is 1.46. The third-order valence-electron chi connectivity index (χ3n) is 4.18. The first-order chi connectivity index (χ1) is 11.3. The molecule has 1 N–H and O–H groups in total. The molecule has 2 atom stereocenters. The van der Waals surface area contributed by atoms with Crippen LogP contribution in [0.5, 0.6) is 0 Å². The maximum absolute atomic E-state index is 12.3. The Morgan fingerprint density at radius 1 is 1.35 bits per heavy atom. The van der Waals surface area contributed by atoms with Crippen LogP contribution in [0.2, 0.25) is 0 Å². The fraction of sp³-hybridized carbons (Fsp3) is 0.444. The van der Waals surface area contributed by atoms with Gasteiger partial charge in [0.25, 0.3) is 0 Å². The zero-order valence-electron chi connectivity index (χ0n) is 13.2. The number of ether oxygens (including phenoxy) is 1. The standard InChI is InChI=1S/C18H23N3O2/c22-18(10-9-16-8-4-13-23-16)20-17(14-21-12-5-11-19-21)15-6-2-1-3-7-15/h1-3,5-7,11-12,16-17H,4,8-10,13-14H2,(H,20,22)/t16-,17?/m0/s1. The molecule has 2 aromatic rings. The Morgan fingerprint density at radius 3 is 2.91 bits per heavy atom. The summed E-state index contributed by atoms with van der Waals surface area (Å²) >= 11 is 0. The molecule has 1 saturated heterocycles. The molecule has 0 spiro atoms. The Labute approximate surface area is 136 Å². The molecule has 0 radical (unpaired) electrons. The lowest BCUT2D eigenvalue weighted by atomic mass is 10.1. The molecule has 5 heteroatoms. The highest BCUT2D eigenvalue weighted by Gasteiger charge is 2.19. The van der Waals surface area contributed by atoms with E-state index in [0.717, 1.165) is 31.4 Å². The Kier molecular flexibility index (Phi) is 5.42. The molecule has 122 valence electrons. The molecule has 1 aromatic heterocycles. The maximum atomic E-state index is 12.3. The summed E-state index contributed by atoms with van der Waals surface area (Å²) in [5, 5.41) is 7.38. The molecule has 1 aliphatic rings. The molecule has 1 aliphatic heterocycles. The molecule has 2 heterocycles. The van der Waals surface area contributed by atoms with Crippen molar-refractivity contribution in [1.29, 1.82) is 0 Å². The molecular weight excluding hydrogens is 290 g/mol. The van der Waals surface area contributed by atoms with Crippen molar-refractivity contribution in [3.63, 3.8) is 0 Å². The zero-order valence-corrected chi connectivity index (χ0v) is 13.2. The Morgan fingerprint density at radius 2 is 2.22 bits per heavy atom. The fourth-order valence-corrected chi connectivity index (χ4v) is 2.95. The van der Waals surface area contributed by atoms with Crippen LogP contribution in [0.4, 0.5) is 0 Å². The number of amides is 1. The van der Waals surface area contributed by atoms with Gasteiger partial charge in [0.15, 0.2) is 0 Å². The van der Waals surface area contributed by atoms with Gasteiger partial charge in [-0.15, -0.1) is 0 Å². The molecule has 1 amide bonds. The van der Waals surface area contributed by atoms with E-state index in [1.54, 1.807) is 6.20 Å². The molecule has 0 saturated carbocycles. The molecule has 3 rings (SSSR count). The summed E-state index contributed by atoms with van der Waals surface area (Å²) in [6.07, 6.45) is 7.40. The predicted octanol–water partition coefficient (Wildman–Crippen LogP) is 2.70. The quantitative estimate of drug-likeness (QED) is 0.855. The van der Waals surface area contributed by atoms with Crippen molar-refractivity contribution in [1.82, 2.24) is 15.1 Å². The number of hydrogen-bond acceptors (Lipinski definition) is 3. The highest BCUT2D eigenvalue weighted by Crippen LogP contribution is 2.18. The number of aromatic nitrogens is 2. The first-order valence-electron chi connectivity index (χ1n) is 8.24. The number of carbonyl (C=O) groups is 1. The van der Waals surface area contributed by atoms with Crippen LogP contribution in [0.25, 0.3) is 0 Å². The average Bonchev–Trinajstić information content (AvgIpc) is 3.27. The highest BCUT2D eigenvalue weighted by atomic mass is 16.5. The molecule has 23 heavy (non-hydrogen) atoms. The van der Waals surface area contributed by atoms with Crippen molar-refractivity contribution in [2.75, 3.05) is 6.61 Å². The summed E-state index contributed by atoms with van der Waals surface area (Å²) in [7, 11) is 0. The van der Waals surface area contributed by atoms with Crippen LogP contribution in [0.3, 0.4) is 0 Å². The maximum Gasteiger partial charge on any atom is 0.220 e. The number of nitrogens with one attached hydrogen (secondary N) is 1. The summed E-state index contributed by atoms with van der Waals surface area (Å²) in [4.78, 5) is 12.3. The number of carbonyl (C=O) groups excluding carboxylic acids is 1. The van der Waals surface area contributed by atoms with Crippen LogP contribution in [-0.2, 0) is 16.1 Å².